The van der Waals surface area contributed by atoms with Crippen LogP contribution in [-0.2, 0) is 19.6 Å². The van der Waals surface area contributed by atoms with Crippen LogP contribution in [0.3, 0.4) is 0 Å². The SMILES string of the molecule is COc1ccc(S(=O)(=O)NC(C=O)CNC(=O)c2ccc(N3CCCCC3=O)cc2)cc1. The highest BCUT2D eigenvalue weighted by Crippen LogP contribution is 2.21. The molecule has 0 radical (unpaired) electrons. The van der Waals surface area contributed by atoms with Gasteiger partial charge in [-0.1, -0.05) is 0 Å². The Balaban J connectivity index is 1.58. The van der Waals surface area contributed by atoms with Crippen molar-refractivity contribution in [1.29, 1.82) is 0 Å². The number of anilines is 1. The van der Waals surface area contributed by atoms with E-state index in [0.29, 0.717) is 30.6 Å². The van der Waals surface area contributed by atoms with E-state index in [9.17, 15) is 22.8 Å². The maximum atomic E-state index is 12.5. The summed E-state index contributed by atoms with van der Waals surface area (Å²) in [5.41, 5.74) is 1.06. The zero-order chi connectivity index (χ0) is 23.1. The topological polar surface area (TPSA) is 122 Å². The molecule has 0 aromatic heterocycles. The van der Waals surface area contributed by atoms with Crippen molar-refractivity contribution in [3.63, 3.8) is 0 Å². The fourth-order valence-corrected chi connectivity index (χ4v) is 4.48. The van der Waals surface area contributed by atoms with E-state index in [0.717, 1.165) is 18.5 Å². The van der Waals surface area contributed by atoms with Crippen LogP contribution >= 0.6 is 0 Å². The molecule has 0 spiro atoms. The number of carbonyl (C=O) groups is 3. The van der Waals surface area contributed by atoms with Gasteiger partial charge in [-0.3, -0.25) is 9.59 Å². The number of piperidine rings is 1. The molecule has 10 heteroatoms. The highest BCUT2D eigenvalue weighted by Gasteiger charge is 2.22. The van der Waals surface area contributed by atoms with Crippen molar-refractivity contribution in [2.45, 2.75) is 30.2 Å². The molecule has 1 fully saturated rings. The number of hydrogen-bond donors (Lipinski definition) is 2. The third-order valence-electron chi connectivity index (χ3n) is 5.09. The second kappa shape index (κ2) is 10.4. The number of aldehydes is 1. The number of nitrogens with zero attached hydrogens (tertiary/aromatic N) is 1. The maximum absolute atomic E-state index is 12.5. The molecule has 2 amide bonds. The predicted molar refractivity (Wildman–Crippen MR) is 118 cm³/mol. The molecule has 9 nitrogen and oxygen atoms in total. The summed E-state index contributed by atoms with van der Waals surface area (Å²) in [5, 5.41) is 2.55. The van der Waals surface area contributed by atoms with Crippen LogP contribution in [-0.4, -0.2) is 52.8 Å². The summed E-state index contributed by atoms with van der Waals surface area (Å²) in [5.74, 6) is 0.0993. The normalized spacial score (nSPS) is 15.2. The van der Waals surface area contributed by atoms with Crippen molar-refractivity contribution in [3.05, 3.63) is 54.1 Å². The Kier molecular flexibility index (Phi) is 7.60. The van der Waals surface area contributed by atoms with Crippen molar-refractivity contribution in [3.8, 4) is 5.75 Å². The van der Waals surface area contributed by atoms with Crippen LogP contribution < -0.4 is 19.7 Å². The van der Waals surface area contributed by atoms with Gasteiger partial charge in [0.15, 0.2) is 0 Å². The number of methoxy groups -OCH3 is 1. The fourth-order valence-electron chi connectivity index (χ4n) is 3.32. The molecule has 170 valence electrons. The van der Waals surface area contributed by atoms with Crippen LogP contribution in [0.2, 0.25) is 0 Å². The number of sulfonamides is 1. The van der Waals surface area contributed by atoms with Crippen LogP contribution in [0.4, 0.5) is 5.69 Å². The summed E-state index contributed by atoms with van der Waals surface area (Å²) in [6, 6.07) is 11.1. The number of ether oxygens (including phenoxy) is 1. The van der Waals surface area contributed by atoms with E-state index >= 15 is 0 Å². The minimum atomic E-state index is -3.96. The maximum Gasteiger partial charge on any atom is 0.251 e. The van der Waals surface area contributed by atoms with Gasteiger partial charge in [0, 0.05) is 30.8 Å². The van der Waals surface area contributed by atoms with Gasteiger partial charge in [0.1, 0.15) is 12.0 Å². The smallest absolute Gasteiger partial charge is 0.251 e. The van der Waals surface area contributed by atoms with Crippen LogP contribution in [0.25, 0.3) is 0 Å². The largest absolute Gasteiger partial charge is 0.497 e. The first kappa shape index (κ1) is 23.4. The quantitative estimate of drug-likeness (QED) is 0.548. The Morgan fingerprint density at radius 2 is 1.81 bits per heavy atom. The lowest BCUT2D eigenvalue weighted by molar-refractivity contribution is -0.119. The molecule has 0 bridgehead atoms. The van der Waals surface area contributed by atoms with Gasteiger partial charge in [0.05, 0.1) is 18.0 Å². The lowest BCUT2D eigenvalue weighted by Crippen LogP contribution is -2.44. The minimum Gasteiger partial charge on any atom is -0.497 e. The number of nitrogens with one attached hydrogen (secondary N) is 2. The molecule has 2 N–H and O–H groups in total. The first-order chi connectivity index (χ1) is 15.3. The first-order valence-electron chi connectivity index (χ1n) is 10.1. The summed E-state index contributed by atoms with van der Waals surface area (Å²) in [6.45, 7) is 0.434. The molecular formula is C22H25N3O6S. The van der Waals surface area contributed by atoms with Crippen molar-refractivity contribution < 1.29 is 27.5 Å². The molecule has 1 saturated heterocycles. The fraction of sp³-hybridized carbons (Fsp3) is 0.318. The molecule has 1 atom stereocenters. The second-order valence-electron chi connectivity index (χ2n) is 7.30. The summed E-state index contributed by atoms with van der Waals surface area (Å²) in [7, 11) is -2.49. The lowest BCUT2D eigenvalue weighted by Gasteiger charge is -2.26. The number of rotatable bonds is 9. The highest BCUT2D eigenvalue weighted by molar-refractivity contribution is 7.89. The summed E-state index contributed by atoms with van der Waals surface area (Å²) in [6.07, 6.45) is 2.76. The summed E-state index contributed by atoms with van der Waals surface area (Å²) in [4.78, 5) is 37.5. The Hall–Kier alpha value is -3.24. The Morgan fingerprint density at radius 3 is 2.41 bits per heavy atom. The highest BCUT2D eigenvalue weighted by atomic mass is 32.2. The van der Waals surface area contributed by atoms with E-state index in [1.807, 2.05) is 0 Å². The van der Waals surface area contributed by atoms with Gasteiger partial charge in [-0.05, 0) is 61.4 Å². The van der Waals surface area contributed by atoms with Gasteiger partial charge in [-0.15, -0.1) is 0 Å². The van der Waals surface area contributed by atoms with Crippen molar-refractivity contribution >= 4 is 33.8 Å². The van der Waals surface area contributed by atoms with Gasteiger partial charge in [0.25, 0.3) is 5.91 Å². The van der Waals surface area contributed by atoms with Gasteiger partial charge in [0.2, 0.25) is 15.9 Å². The van der Waals surface area contributed by atoms with Gasteiger partial charge in [-0.2, -0.15) is 4.72 Å². The predicted octanol–water partition coefficient (Wildman–Crippen LogP) is 1.49. The second-order valence-corrected chi connectivity index (χ2v) is 9.01. The Morgan fingerprint density at radius 1 is 1.12 bits per heavy atom. The summed E-state index contributed by atoms with van der Waals surface area (Å²) < 4.78 is 32.2. The number of hydrogen-bond acceptors (Lipinski definition) is 6. The molecule has 1 aliphatic rings. The minimum absolute atomic E-state index is 0.0284. The first-order valence-corrected chi connectivity index (χ1v) is 11.6. The van der Waals surface area contributed by atoms with Crippen LogP contribution in [0.1, 0.15) is 29.6 Å². The number of benzene rings is 2. The monoisotopic (exact) mass is 459 g/mol. The van der Waals surface area contributed by atoms with Gasteiger partial charge < -0.3 is 19.7 Å². The molecule has 3 rings (SSSR count). The van der Waals surface area contributed by atoms with E-state index < -0.39 is 22.0 Å². The Labute approximate surface area is 186 Å². The zero-order valence-corrected chi connectivity index (χ0v) is 18.4. The van der Waals surface area contributed by atoms with E-state index in [2.05, 4.69) is 10.0 Å². The lowest BCUT2D eigenvalue weighted by atomic mass is 10.1. The van der Waals surface area contributed by atoms with E-state index in [4.69, 9.17) is 4.74 Å². The van der Waals surface area contributed by atoms with Gasteiger partial charge in [-0.25, -0.2) is 8.42 Å². The van der Waals surface area contributed by atoms with Crippen molar-refractivity contribution in [2.75, 3.05) is 25.1 Å². The molecule has 2 aromatic rings. The van der Waals surface area contributed by atoms with E-state index in [-0.39, 0.29) is 17.3 Å². The third kappa shape index (κ3) is 5.71. The molecule has 1 aliphatic heterocycles. The average Bonchev–Trinajstić information content (AvgIpc) is 2.82. The molecule has 1 heterocycles. The standard InChI is InChI=1S/C22H25N3O6S/c1-31-19-9-11-20(12-10-19)32(29,30)24-17(15-26)14-23-22(28)16-5-7-18(8-6-16)25-13-3-2-4-21(25)27/h5-12,15,17,24H,2-4,13-14H2,1H3,(H,23,28). The zero-order valence-electron chi connectivity index (χ0n) is 17.6. The van der Waals surface area contributed by atoms with Crippen LogP contribution in [0, 0.1) is 0 Å². The average molecular weight is 460 g/mol. The molecule has 0 aliphatic carbocycles. The Bertz CT molecular complexity index is 1070. The molecule has 1 unspecified atom stereocenters. The van der Waals surface area contributed by atoms with Crippen molar-refractivity contribution in [2.24, 2.45) is 0 Å². The molecular weight excluding hydrogens is 434 g/mol. The molecule has 32 heavy (non-hydrogen) atoms. The number of amides is 2. The summed E-state index contributed by atoms with van der Waals surface area (Å²) >= 11 is 0. The van der Waals surface area contributed by atoms with Crippen LogP contribution in [0.5, 0.6) is 5.75 Å². The third-order valence-corrected chi connectivity index (χ3v) is 6.59. The molecule has 2 aromatic carbocycles. The van der Waals surface area contributed by atoms with Crippen LogP contribution in [0.15, 0.2) is 53.4 Å². The van der Waals surface area contributed by atoms with E-state index in [1.54, 1.807) is 29.2 Å². The molecule has 0 saturated carbocycles. The van der Waals surface area contributed by atoms with E-state index in [1.165, 1.54) is 31.4 Å². The number of carbonyl (C=O) groups excluding carboxylic acids is 3. The van der Waals surface area contributed by atoms with Crippen molar-refractivity contribution in [1.82, 2.24) is 10.0 Å². The van der Waals surface area contributed by atoms with Gasteiger partial charge >= 0.3 is 0 Å².